The third kappa shape index (κ3) is 10.4. The minimum Gasteiger partial charge on any atom is -0.497 e. The van der Waals surface area contributed by atoms with Crippen molar-refractivity contribution in [3.63, 3.8) is 0 Å². The minimum absolute atomic E-state index is 0.114. The standard InChI is InChI=1S/C28H35BF2N4O6S2/c1-19-24(12-14-27(36)32-15-5-4-6-16-33-28(37)18-42-43(38,39)40)20(2)34-25(19)17-22-9-13-26(35(22)29(30)31)21-7-10-23(41-3)11-8-21/h7-11,13,17H,4-6,12,14-16,18H2,1-3H3,(H,32,36)(H,33,37)(H,38,39,40)/b25-17-. The normalized spacial score (nSPS) is 14.2. The molecule has 0 aliphatic carbocycles. The van der Waals surface area contributed by atoms with Crippen LogP contribution >= 0.6 is 10.8 Å². The van der Waals surface area contributed by atoms with Gasteiger partial charge < -0.3 is 19.8 Å². The topological polar surface area (TPSA) is 139 Å². The molecule has 3 rings (SSSR count). The summed E-state index contributed by atoms with van der Waals surface area (Å²) >= 11 is 0. The first-order chi connectivity index (χ1) is 20.4. The minimum atomic E-state index is -4.24. The number of halogens is 2. The van der Waals surface area contributed by atoms with E-state index in [0.29, 0.717) is 60.7 Å². The third-order valence-corrected chi connectivity index (χ3v) is 8.74. The van der Waals surface area contributed by atoms with Crippen LogP contribution in [0.15, 0.2) is 58.2 Å². The Hall–Kier alpha value is -3.43. The number of carbonyl (C=O) groups excluding carboxylic acids is 2. The average molecular weight is 637 g/mol. The molecule has 0 saturated carbocycles. The van der Waals surface area contributed by atoms with Crippen molar-refractivity contribution in [3.05, 3.63) is 58.9 Å². The molecule has 43 heavy (non-hydrogen) atoms. The Morgan fingerprint density at radius 1 is 1.05 bits per heavy atom. The molecule has 15 heteroatoms. The molecular formula is C28H35BF2N4O6S2. The summed E-state index contributed by atoms with van der Waals surface area (Å²) in [6.07, 6.45) is 4.47. The van der Waals surface area contributed by atoms with Gasteiger partial charge in [0.05, 0.1) is 18.6 Å². The first-order valence-corrected chi connectivity index (χ1v) is 16.6. The molecule has 0 unspecified atom stereocenters. The molecule has 0 fully saturated rings. The molecule has 0 spiro atoms. The summed E-state index contributed by atoms with van der Waals surface area (Å²) < 4.78 is 64.3. The molecule has 1 aromatic carbocycles. The molecule has 2 amide bonds. The van der Waals surface area contributed by atoms with Crippen LogP contribution in [-0.2, 0) is 18.7 Å². The highest BCUT2D eigenvalue weighted by atomic mass is 33.1. The number of allylic oxidation sites excluding steroid dienone is 2. The Morgan fingerprint density at radius 3 is 2.30 bits per heavy atom. The first-order valence-electron chi connectivity index (χ1n) is 13.7. The van der Waals surface area contributed by atoms with Gasteiger partial charge in [-0.15, -0.1) is 0 Å². The maximum Gasteiger partial charge on any atom is 0.678 e. The van der Waals surface area contributed by atoms with E-state index in [4.69, 9.17) is 9.29 Å². The van der Waals surface area contributed by atoms with Gasteiger partial charge in [0.2, 0.25) is 11.8 Å². The molecular weight excluding hydrogens is 601 g/mol. The van der Waals surface area contributed by atoms with Crippen molar-refractivity contribution in [1.29, 1.82) is 0 Å². The number of amides is 2. The van der Waals surface area contributed by atoms with Gasteiger partial charge in [-0.25, -0.2) is 0 Å². The number of carbonyl (C=O) groups is 2. The number of nitrogens with zero attached hydrogens (tertiary/aromatic N) is 2. The van der Waals surface area contributed by atoms with Crippen LogP contribution in [0.25, 0.3) is 17.3 Å². The van der Waals surface area contributed by atoms with E-state index in [9.17, 15) is 26.6 Å². The molecule has 3 N–H and O–H groups in total. The second-order valence-electron chi connectivity index (χ2n) is 9.80. The van der Waals surface area contributed by atoms with Crippen LogP contribution in [0.4, 0.5) is 8.63 Å². The molecule has 1 aromatic heterocycles. The smallest absolute Gasteiger partial charge is 0.497 e. The van der Waals surface area contributed by atoms with E-state index >= 15 is 0 Å². The zero-order chi connectivity index (χ0) is 31.6. The van der Waals surface area contributed by atoms with Crippen LogP contribution in [0.3, 0.4) is 0 Å². The summed E-state index contributed by atoms with van der Waals surface area (Å²) in [5.41, 5.74) is 4.42. The Labute approximate surface area is 254 Å². The summed E-state index contributed by atoms with van der Waals surface area (Å²) in [6, 6.07) is 10.2. The number of nitrogens with one attached hydrogen (secondary N) is 2. The summed E-state index contributed by atoms with van der Waals surface area (Å²) in [6.45, 7) is 4.56. The lowest BCUT2D eigenvalue weighted by Crippen LogP contribution is -2.27. The zero-order valence-electron chi connectivity index (χ0n) is 24.2. The predicted octanol–water partition coefficient (Wildman–Crippen LogP) is 4.79. The number of ether oxygens (including phenoxy) is 1. The molecule has 0 saturated heterocycles. The van der Waals surface area contributed by atoms with Gasteiger partial charge >= 0.3 is 16.6 Å². The van der Waals surface area contributed by atoms with Crippen molar-refractivity contribution in [2.75, 3.05) is 26.0 Å². The molecule has 0 bridgehead atoms. The van der Waals surface area contributed by atoms with Crippen molar-refractivity contribution < 1.29 is 35.9 Å². The second kappa shape index (κ2) is 15.9. The highest BCUT2D eigenvalue weighted by Crippen LogP contribution is 2.32. The summed E-state index contributed by atoms with van der Waals surface area (Å²) in [7, 11) is -5.30. The van der Waals surface area contributed by atoms with Crippen molar-refractivity contribution >= 4 is 50.9 Å². The largest absolute Gasteiger partial charge is 0.678 e. The first kappa shape index (κ1) is 34.1. The number of hydrogen-bond acceptors (Lipinski definition) is 7. The Morgan fingerprint density at radius 2 is 1.70 bits per heavy atom. The number of aliphatic imine (C=N–C) groups is 1. The zero-order valence-corrected chi connectivity index (χ0v) is 25.9. The SMILES string of the molecule is COc1ccc(-c2ccc(/C=C3\N=C(C)C(CCC(=O)NCCCCCNC(=O)CSS(=O)(=O)O)=C3C)n2B(F)F)cc1. The summed E-state index contributed by atoms with van der Waals surface area (Å²) in [5.74, 6) is -0.334. The Balaban J connectivity index is 1.49. The van der Waals surface area contributed by atoms with Gasteiger partial charge in [0.1, 0.15) is 5.75 Å². The molecule has 10 nitrogen and oxygen atoms in total. The van der Waals surface area contributed by atoms with Gasteiger partial charge in [0.25, 0.3) is 0 Å². The van der Waals surface area contributed by atoms with E-state index in [1.807, 2.05) is 13.8 Å². The number of rotatable bonds is 16. The highest BCUT2D eigenvalue weighted by Gasteiger charge is 2.25. The van der Waals surface area contributed by atoms with Gasteiger partial charge in [-0.3, -0.25) is 27.8 Å². The molecule has 0 radical (unpaired) electrons. The number of benzene rings is 1. The monoisotopic (exact) mass is 636 g/mol. The number of aromatic nitrogens is 1. The molecule has 1 aliphatic heterocycles. The van der Waals surface area contributed by atoms with Crippen molar-refractivity contribution in [2.24, 2.45) is 4.99 Å². The van der Waals surface area contributed by atoms with Crippen molar-refractivity contribution in [1.82, 2.24) is 15.1 Å². The van der Waals surface area contributed by atoms with Gasteiger partial charge in [-0.2, -0.15) is 8.42 Å². The summed E-state index contributed by atoms with van der Waals surface area (Å²) in [5, 5.41) is 5.44. The summed E-state index contributed by atoms with van der Waals surface area (Å²) in [4.78, 5) is 28.5. The van der Waals surface area contributed by atoms with Gasteiger partial charge in [-0.1, -0.05) is 0 Å². The maximum absolute atomic E-state index is 14.1. The molecule has 2 aromatic rings. The highest BCUT2D eigenvalue weighted by molar-refractivity contribution is 8.70. The molecule has 2 heterocycles. The lowest BCUT2D eigenvalue weighted by Gasteiger charge is -2.10. The van der Waals surface area contributed by atoms with Gasteiger partial charge in [0.15, 0.2) is 0 Å². The third-order valence-electron chi connectivity index (χ3n) is 6.82. The van der Waals surface area contributed by atoms with Gasteiger partial charge in [-0.05, 0) is 98.7 Å². The number of methoxy groups -OCH3 is 1. The fourth-order valence-corrected chi connectivity index (χ4v) is 5.72. The van der Waals surface area contributed by atoms with Crippen LogP contribution in [0, 0.1) is 0 Å². The lowest BCUT2D eigenvalue weighted by molar-refractivity contribution is -0.121. The quantitative estimate of drug-likeness (QED) is 0.104. The van der Waals surface area contributed by atoms with Gasteiger partial charge in [0, 0.05) is 47.4 Å². The van der Waals surface area contributed by atoms with Crippen molar-refractivity contribution in [2.45, 2.75) is 46.0 Å². The molecule has 1 aliphatic rings. The van der Waals surface area contributed by atoms with E-state index in [0.717, 1.165) is 27.8 Å². The van der Waals surface area contributed by atoms with Crippen LogP contribution in [0.2, 0.25) is 0 Å². The lowest BCUT2D eigenvalue weighted by atomic mass is 10.0. The van der Waals surface area contributed by atoms with Crippen LogP contribution in [0.5, 0.6) is 5.75 Å². The second-order valence-corrected chi connectivity index (χ2v) is 13.2. The predicted molar refractivity (Wildman–Crippen MR) is 167 cm³/mol. The number of unbranched alkanes of at least 4 members (excludes halogenated alkanes) is 2. The average Bonchev–Trinajstić information content (AvgIpc) is 3.49. The van der Waals surface area contributed by atoms with Crippen LogP contribution in [-0.4, -0.2) is 68.3 Å². The van der Waals surface area contributed by atoms with Crippen LogP contribution < -0.4 is 15.4 Å². The van der Waals surface area contributed by atoms with E-state index in [-0.39, 0.29) is 28.9 Å². The van der Waals surface area contributed by atoms with E-state index < -0.39 is 22.5 Å². The molecule has 232 valence electrons. The van der Waals surface area contributed by atoms with E-state index in [1.54, 1.807) is 49.6 Å². The van der Waals surface area contributed by atoms with Crippen molar-refractivity contribution in [3.8, 4) is 17.0 Å². The maximum atomic E-state index is 14.1. The molecule has 0 atom stereocenters. The Kier molecular flexibility index (Phi) is 12.6. The number of hydrogen-bond donors (Lipinski definition) is 3. The van der Waals surface area contributed by atoms with E-state index in [1.165, 1.54) is 0 Å². The van der Waals surface area contributed by atoms with Crippen LogP contribution in [0.1, 0.15) is 51.6 Å². The fraction of sp³-hybridized carbons (Fsp3) is 0.393. The Bertz CT molecular complexity index is 1510. The fourth-order valence-electron chi connectivity index (χ4n) is 4.59. The van der Waals surface area contributed by atoms with E-state index in [2.05, 4.69) is 15.6 Å².